The molecule has 0 unspecified atom stereocenters. The van der Waals surface area contributed by atoms with Crippen molar-refractivity contribution >= 4 is 0 Å². The molecule has 0 N–H and O–H groups in total. The van der Waals surface area contributed by atoms with Crippen molar-refractivity contribution in [1.82, 2.24) is 0 Å². The Balaban J connectivity index is 2.00. The molecule has 29 heavy (non-hydrogen) atoms. The van der Waals surface area contributed by atoms with Crippen molar-refractivity contribution in [1.29, 1.82) is 0 Å². The van der Waals surface area contributed by atoms with Crippen LogP contribution in [0, 0.1) is 13.8 Å². The van der Waals surface area contributed by atoms with Crippen molar-refractivity contribution in [3.63, 3.8) is 0 Å². The first-order valence-electron chi connectivity index (χ1n) is 10.6. The first kappa shape index (κ1) is 21.7. The molecule has 0 radical (unpaired) electrons. The fourth-order valence-electron chi connectivity index (χ4n) is 3.74. The fraction of sp³-hybridized carbons (Fsp3) is 0.538. The molecule has 1 fully saturated rings. The predicted octanol–water partition coefficient (Wildman–Crippen LogP) is 6.82. The Morgan fingerprint density at radius 2 is 1.21 bits per heavy atom. The third kappa shape index (κ3) is 4.95. The Morgan fingerprint density at radius 3 is 1.55 bits per heavy atom. The SMILES string of the molecule is Cc1ccc(OC2(Oc3ccc(C)cc3C(C)(C)C)CCCO2)c(C(C)(C)C)c1. The highest BCUT2D eigenvalue weighted by Gasteiger charge is 2.43. The summed E-state index contributed by atoms with van der Waals surface area (Å²) < 4.78 is 19.2. The third-order valence-corrected chi connectivity index (χ3v) is 5.37. The molecule has 0 bridgehead atoms. The monoisotopic (exact) mass is 396 g/mol. The Morgan fingerprint density at radius 1 is 0.759 bits per heavy atom. The van der Waals surface area contributed by atoms with E-state index >= 15 is 0 Å². The van der Waals surface area contributed by atoms with Gasteiger partial charge in [0, 0.05) is 11.1 Å². The zero-order valence-electron chi connectivity index (χ0n) is 19.3. The van der Waals surface area contributed by atoms with E-state index in [0.717, 1.165) is 29.0 Å². The fourth-order valence-corrected chi connectivity index (χ4v) is 3.74. The van der Waals surface area contributed by atoms with Crippen LogP contribution >= 0.6 is 0 Å². The zero-order valence-corrected chi connectivity index (χ0v) is 19.3. The van der Waals surface area contributed by atoms with Crippen molar-refractivity contribution in [2.24, 2.45) is 0 Å². The van der Waals surface area contributed by atoms with Crippen molar-refractivity contribution < 1.29 is 14.2 Å². The second-order valence-corrected chi connectivity index (χ2v) is 10.3. The van der Waals surface area contributed by atoms with Crippen molar-refractivity contribution in [2.75, 3.05) is 6.61 Å². The van der Waals surface area contributed by atoms with Gasteiger partial charge in [-0.05, 0) is 43.2 Å². The summed E-state index contributed by atoms with van der Waals surface area (Å²) in [4.78, 5) is 0. The van der Waals surface area contributed by atoms with Crippen LogP contribution < -0.4 is 9.47 Å². The Hall–Kier alpha value is -2.00. The number of benzene rings is 2. The largest absolute Gasteiger partial charge is 0.430 e. The quantitative estimate of drug-likeness (QED) is 0.531. The molecule has 2 aromatic carbocycles. The standard InChI is InChI=1S/C26H36O3/c1-18-10-12-22(20(16-18)24(3,4)5)28-26(14-9-15-27-26)29-23-13-11-19(2)17-21(23)25(6,7)8/h10-13,16-17H,9,14-15H2,1-8H3. The molecule has 1 saturated heterocycles. The predicted molar refractivity (Wildman–Crippen MR) is 119 cm³/mol. The number of hydrogen-bond donors (Lipinski definition) is 0. The Kier molecular flexibility index (Phi) is 5.75. The molecule has 3 rings (SSSR count). The van der Waals surface area contributed by atoms with Crippen LogP contribution in [0.15, 0.2) is 36.4 Å². The van der Waals surface area contributed by atoms with E-state index in [2.05, 4.69) is 79.7 Å². The van der Waals surface area contributed by atoms with E-state index in [1.54, 1.807) is 0 Å². The van der Waals surface area contributed by atoms with Gasteiger partial charge in [-0.2, -0.15) is 0 Å². The summed E-state index contributed by atoms with van der Waals surface area (Å²) in [5.41, 5.74) is 4.69. The first-order valence-corrected chi connectivity index (χ1v) is 10.6. The maximum atomic E-state index is 6.53. The van der Waals surface area contributed by atoms with E-state index < -0.39 is 5.97 Å². The summed E-state index contributed by atoms with van der Waals surface area (Å²) in [6.07, 6.45) is 1.61. The summed E-state index contributed by atoms with van der Waals surface area (Å²) in [5.74, 6) is 0.564. The van der Waals surface area contributed by atoms with E-state index in [4.69, 9.17) is 14.2 Å². The molecule has 0 amide bonds. The second-order valence-electron chi connectivity index (χ2n) is 10.3. The van der Waals surface area contributed by atoms with Gasteiger partial charge in [0.25, 0.3) is 0 Å². The van der Waals surface area contributed by atoms with Gasteiger partial charge < -0.3 is 14.2 Å². The van der Waals surface area contributed by atoms with Crippen molar-refractivity contribution in [3.05, 3.63) is 58.7 Å². The lowest BCUT2D eigenvalue weighted by Gasteiger charge is -2.34. The molecule has 0 spiro atoms. The molecule has 0 aromatic heterocycles. The molecule has 0 aliphatic carbocycles. The summed E-state index contributed by atoms with van der Waals surface area (Å²) in [6.45, 7) is 18.1. The van der Waals surface area contributed by atoms with E-state index in [-0.39, 0.29) is 10.8 Å². The number of rotatable bonds is 4. The number of hydrogen-bond acceptors (Lipinski definition) is 3. The third-order valence-electron chi connectivity index (χ3n) is 5.37. The van der Waals surface area contributed by atoms with Gasteiger partial charge in [-0.25, -0.2) is 0 Å². The zero-order chi connectivity index (χ0) is 21.4. The summed E-state index contributed by atoms with van der Waals surface area (Å²) in [5, 5.41) is 0. The van der Waals surface area contributed by atoms with Crippen LogP contribution in [0.3, 0.4) is 0 Å². The highest BCUT2D eigenvalue weighted by Crippen LogP contribution is 2.40. The molecule has 3 heteroatoms. The van der Waals surface area contributed by atoms with E-state index in [9.17, 15) is 0 Å². The molecule has 158 valence electrons. The van der Waals surface area contributed by atoms with Gasteiger partial charge in [0.15, 0.2) is 0 Å². The number of aryl methyl sites for hydroxylation is 2. The highest BCUT2D eigenvalue weighted by molar-refractivity contribution is 5.43. The summed E-state index contributed by atoms with van der Waals surface area (Å²) in [6, 6.07) is 12.7. The van der Waals surface area contributed by atoms with E-state index in [1.165, 1.54) is 11.1 Å². The Labute approximate surface area is 176 Å². The van der Waals surface area contributed by atoms with Crippen LogP contribution in [0.2, 0.25) is 0 Å². The molecule has 2 aromatic rings. The molecule has 0 saturated carbocycles. The van der Waals surface area contributed by atoms with Gasteiger partial charge >= 0.3 is 5.97 Å². The lowest BCUT2D eigenvalue weighted by Crippen LogP contribution is -2.42. The van der Waals surface area contributed by atoms with Crippen LogP contribution in [0.1, 0.15) is 76.6 Å². The van der Waals surface area contributed by atoms with Crippen molar-refractivity contribution in [2.45, 2.75) is 85.0 Å². The smallest absolute Gasteiger partial charge is 0.371 e. The molecular formula is C26H36O3. The maximum absolute atomic E-state index is 6.53. The van der Waals surface area contributed by atoms with Gasteiger partial charge in [0.05, 0.1) is 13.0 Å². The minimum Gasteiger partial charge on any atom is -0.430 e. The van der Waals surface area contributed by atoms with Gasteiger partial charge in [0.1, 0.15) is 11.5 Å². The molecule has 1 aliphatic rings. The van der Waals surface area contributed by atoms with E-state index in [1.807, 2.05) is 12.1 Å². The number of ether oxygens (including phenoxy) is 3. The van der Waals surface area contributed by atoms with Gasteiger partial charge in [0.2, 0.25) is 0 Å². The molecule has 1 heterocycles. The topological polar surface area (TPSA) is 27.7 Å². The van der Waals surface area contributed by atoms with E-state index in [0.29, 0.717) is 13.0 Å². The molecule has 0 atom stereocenters. The van der Waals surface area contributed by atoms with Crippen LogP contribution in [-0.4, -0.2) is 12.6 Å². The van der Waals surface area contributed by atoms with Gasteiger partial charge in [-0.1, -0.05) is 76.9 Å². The first-order chi connectivity index (χ1) is 13.4. The highest BCUT2D eigenvalue weighted by atomic mass is 16.9. The van der Waals surface area contributed by atoms with Gasteiger partial charge in [-0.3, -0.25) is 0 Å². The Bertz CT molecular complexity index is 795. The van der Waals surface area contributed by atoms with Gasteiger partial charge in [-0.15, -0.1) is 0 Å². The molecule has 1 aliphatic heterocycles. The summed E-state index contributed by atoms with van der Waals surface area (Å²) >= 11 is 0. The van der Waals surface area contributed by atoms with Crippen LogP contribution in [-0.2, 0) is 15.6 Å². The van der Waals surface area contributed by atoms with Crippen LogP contribution in [0.25, 0.3) is 0 Å². The van der Waals surface area contributed by atoms with Crippen LogP contribution in [0.5, 0.6) is 11.5 Å². The average Bonchev–Trinajstić information content (AvgIpc) is 3.04. The average molecular weight is 397 g/mol. The lowest BCUT2D eigenvalue weighted by atomic mass is 9.85. The summed E-state index contributed by atoms with van der Waals surface area (Å²) in [7, 11) is 0. The second kappa shape index (κ2) is 7.68. The van der Waals surface area contributed by atoms with Crippen molar-refractivity contribution in [3.8, 4) is 11.5 Å². The molecular weight excluding hydrogens is 360 g/mol. The minimum atomic E-state index is -1.09. The van der Waals surface area contributed by atoms with Crippen LogP contribution in [0.4, 0.5) is 0 Å². The normalized spacial score (nSPS) is 16.7. The molecule has 3 nitrogen and oxygen atoms in total. The maximum Gasteiger partial charge on any atom is 0.371 e. The minimum absolute atomic E-state index is 0.0401. The lowest BCUT2D eigenvalue weighted by molar-refractivity contribution is -0.276.